The minimum Gasteiger partial charge on any atom is -0.324 e. The zero-order valence-corrected chi connectivity index (χ0v) is 14.7. The Balaban J connectivity index is 2.21. The van der Waals surface area contributed by atoms with E-state index in [1.54, 1.807) is 0 Å². The first-order valence-corrected chi connectivity index (χ1v) is 8.36. The van der Waals surface area contributed by atoms with Crippen LogP contribution in [0.25, 0.3) is 11.0 Å². The molecule has 1 saturated carbocycles. The van der Waals surface area contributed by atoms with Crippen molar-refractivity contribution in [3.05, 3.63) is 28.5 Å². The van der Waals surface area contributed by atoms with E-state index in [0.717, 1.165) is 22.2 Å². The molecule has 0 bridgehead atoms. The average molecular weight is 356 g/mol. The number of aromatic nitrogens is 2. The molecule has 1 aromatic carbocycles. The molecular formula is C16H20BrClN2. The van der Waals surface area contributed by atoms with Crippen LogP contribution in [0, 0.1) is 10.8 Å². The lowest BCUT2D eigenvalue weighted by atomic mass is 10.0. The third-order valence-electron chi connectivity index (χ3n) is 5.25. The molecule has 0 amide bonds. The predicted molar refractivity (Wildman–Crippen MR) is 88.5 cm³/mol. The Morgan fingerprint density at radius 1 is 1.25 bits per heavy atom. The number of halogens is 2. The smallest absolute Gasteiger partial charge is 0.111 e. The molecule has 3 rings (SSSR count). The third-order valence-corrected chi connectivity index (χ3v) is 5.93. The summed E-state index contributed by atoms with van der Waals surface area (Å²) >= 11 is 9.50. The maximum Gasteiger partial charge on any atom is 0.111 e. The van der Waals surface area contributed by atoms with Crippen LogP contribution in [0.2, 0.25) is 0 Å². The molecule has 1 aromatic heterocycles. The summed E-state index contributed by atoms with van der Waals surface area (Å²) < 4.78 is 3.49. The Morgan fingerprint density at radius 2 is 1.90 bits per heavy atom. The molecule has 1 fully saturated rings. The van der Waals surface area contributed by atoms with Gasteiger partial charge in [0.15, 0.2) is 0 Å². The van der Waals surface area contributed by atoms with Crippen LogP contribution < -0.4 is 0 Å². The lowest BCUT2D eigenvalue weighted by Crippen LogP contribution is -2.07. The molecule has 1 aliphatic rings. The molecule has 0 unspecified atom stereocenters. The van der Waals surface area contributed by atoms with Crippen molar-refractivity contribution in [3.8, 4) is 0 Å². The van der Waals surface area contributed by atoms with Crippen LogP contribution in [0.5, 0.6) is 0 Å². The molecule has 0 N–H and O–H groups in total. The van der Waals surface area contributed by atoms with Gasteiger partial charge >= 0.3 is 0 Å². The Labute approximate surface area is 133 Å². The number of rotatable bonds is 3. The quantitative estimate of drug-likeness (QED) is 0.693. The van der Waals surface area contributed by atoms with E-state index in [9.17, 15) is 0 Å². The first kappa shape index (κ1) is 14.4. The standard InChI is InChI=1S/C16H20BrClN2/c1-15(2)14(16(15,3)4)20-12-6-5-10(17)9-11(12)19-13(20)7-8-18/h5-6,9,14H,7-8H2,1-4H3. The summed E-state index contributed by atoms with van der Waals surface area (Å²) in [4.78, 5) is 4.80. The maximum atomic E-state index is 5.97. The zero-order chi connectivity index (χ0) is 14.7. The van der Waals surface area contributed by atoms with Gasteiger partial charge in [0.1, 0.15) is 5.82 Å². The highest BCUT2D eigenvalue weighted by molar-refractivity contribution is 9.10. The monoisotopic (exact) mass is 354 g/mol. The first-order chi connectivity index (χ1) is 9.30. The minimum atomic E-state index is 0.286. The van der Waals surface area contributed by atoms with Gasteiger partial charge in [-0.05, 0) is 29.0 Å². The molecule has 4 heteroatoms. The van der Waals surface area contributed by atoms with Crippen molar-refractivity contribution in [2.24, 2.45) is 10.8 Å². The highest BCUT2D eigenvalue weighted by Crippen LogP contribution is 2.72. The summed E-state index contributed by atoms with van der Waals surface area (Å²) in [7, 11) is 0. The summed E-state index contributed by atoms with van der Waals surface area (Å²) in [5, 5.41) is 0. The van der Waals surface area contributed by atoms with Gasteiger partial charge in [-0.15, -0.1) is 11.6 Å². The summed E-state index contributed by atoms with van der Waals surface area (Å²) in [6.45, 7) is 9.36. The molecule has 2 aromatic rings. The van der Waals surface area contributed by atoms with Crippen LogP contribution in [-0.4, -0.2) is 15.4 Å². The van der Waals surface area contributed by atoms with E-state index in [-0.39, 0.29) is 10.8 Å². The fraction of sp³-hybridized carbons (Fsp3) is 0.562. The van der Waals surface area contributed by atoms with Crippen LogP contribution in [0.4, 0.5) is 0 Å². The largest absolute Gasteiger partial charge is 0.324 e. The van der Waals surface area contributed by atoms with E-state index >= 15 is 0 Å². The van der Waals surface area contributed by atoms with Crippen LogP contribution in [0.1, 0.15) is 39.6 Å². The second kappa shape index (κ2) is 4.48. The molecule has 0 spiro atoms. The molecule has 0 saturated heterocycles. The van der Waals surface area contributed by atoms with E-state index in [4.69, 9.17) is 16.6 Å². The summed E-state index contributed by atoms with van der Waals surface area (Å²) in [6.07, 6.45) is 0.816. The van der Waals surface area contributed by atoms with Crippen molar-refractivity contribution in [1.82, 2.24) is 9.55 Å². The molecule has 0 atom stereocenters. The first-order valence-electron chi connectivity index (χ1n) is 7.03. The van der Waals surface area contributed by atoms with Gasteiger partial charge in [-0.1, -0.05) is 43.6 Å². The third kappa shape index (κ3) is 1.86. The fourth-order valence-electron chi connectivity index (χ4n) is 3.48. The molecule has 108 valence electrons. The number of hydrogen-bond acceptors (Lipinski definition) is 1. The minimum absolute atomic E-state index is 0.286. The van der Waals surface area contributed by atoms with Gasteiger partial charge in [0.25, 0.3) is 0 Å². The molecular weight excluding hydrogens is 336 g/mol. The van der Waals surface area contributed by atoms with Crippen LogP contribution in [0.15, 0.2) is 22.7 Å². The molecule has 2 nitrogen and oxygen atoms in total. The van der Waals surface area contributed by atoms with Crippen molar-refractivity contribution in [2.75, 3.05) is 5.88 Å². The molecule has 20 heavy (non-hydrogen) atoms. The zero-order valence-electron chi connectivity index (χ0n) is 12.4. The lowest BCUT2D eigenvalue weighted by molar-refractivity contribution is 0.457. The van der Waals surface area contributed by atoms with Crippen molar-refractivity contribution >= 4 is 38.6 Å². The van der Waals surface area contributed by atoms with Gasteiger partial charge in [0.05, 0.1) is 11.0 Å². The number of imidazole rings is 1. The average Bonchev–Trinajstić information content (AvgIpc) is 2.64. The molecule has 1 heterocycles. The second-order valence-corrected chi connectivity index (χ2v) is 8.11. The van der Waals surface area contributed by atoms with Gasteiger partial charge in [0, 0.05) is 22.8 Å². The number of aryl methyl sites for hydroxylation is 1. The highest BCUT2D eigenvalue weighted by atomic mass is 79.9. The van der Waals surface area contributed by atoms with Crippen LogP contribution in [0.3, 0.4) is 0 Å². The van der Waals surface area contributed by atoms with Crippen molar-refractivity contribution in [3.63, 3.8) is 0 Å². The van der Waals surface area contributed by atoms with E-state index in [2.05, 4.69) is 66.4 Å². The number of alkyl halides is 1. The van der Waals surface area contributed by atoms with Crippen LogP contribution in [-0.2, 0) is 6.42 Å². The number of nitrogens with zero attached hydrogens (tertiary/aromatic N) is 2. The van der Waals surface area contributed by atoms with Gasteiger partial charge in [-0.2, -0.15) is 0 Å². The van der Waals surface area contributed by atoms with E-state index in [0.29, 0.717) is 11.9 Å². The van der Waals surface area contributed by atoms with E-state index in [1.807, 2.05) is 0 Å². The van der Waals surface area contributed by atoms with Crippen molar-refractivity contribution in [2.45, 2.75) is 40.2 Å². The van der Waals surface area contributed by atoms with Gasteiger partial charge in [-0.25, -0.2) is 4.98 Å². The van der Waals surface area contributed by atoms with Crippen molar-refractivity contribution in [1.29, 1.82) is 0 Å². The predicted octanol–water partition coefficient (Wildman–Crippen LogP) is 5.19. The van der Waals surface area contributed by atoms with E-state index in [1.165, 1.54) is 5.52 Å². The normalized spacial score (nSPS) is 20.5. The topological polar surface area (TPSA) is 17.8 Å². The Kier molecular flexibility index (Phi) is 3.22. The van der Waals surface area contributed by atoms with Gasteiger partial charge in [0.2, 0.25) is 0 Å². The maximum absolute atomic E-state index is 5.97. The van der Waals surface area contributed by atoms with E-state index < -0.39 is 0 Å². The molecule has 1 aliphatic carbocycles. The fourth-order valence-corrected chi connectivity index (χ4v) is 4.00. The SMILES string of the molecule is CC1(C)C(n2c(CCCl)nc3cc(Br)ccc32)C1(C)C. The van der Waals surface area contributed by atoms with Gasteiger partial charge < -0.3 is 4.57 Å². The highest BCUT2D eigenvalue weighted by Gasteiger charge is 2.66. The number of fused-ring (bicyclic) bond motifs is 1. The number of hydrogen-bond donors (Lipinski definition) is 0. The lowest BCUT2D eigenvalue weighted by Gasteiger charge is -2.11. The van der Waals surface area contributed by atoms with Gasteiger partial charge in [-0.3, -0.25) is 0 Å². The Bertz CT molecular complexity index is 658. The molecule has 0 radical (unpaired) electrons. The summed E-state index contributed by atoms with van der Waals surface area (Å²) in [5.41, 5.74) is 2.85. The second-order valence-electron chi connectivity index (χ2n) is 6.82. The number of benzene rings is 1. The van der Waals surface area contributed by atoms with Crippen molar-refractivity contribution < 1.29 is 0 Å². The summed E-state index contributed by atoms with van der Waals surface area (Å²) in [5.74, 6) is 1.72. The summed E-state index contributed by atoms with van der Waals surface area (Å²) in [6, 6.07) is 6.83. The van der Waals surface area contributed by atoms with Crippen LogP contribution >= 0.6 is 27.5 Å². The molecule has 0 aliphatic heterocycles. The Hall–Kier alpha value is -0.540. The Morgan fingerprint density at radius 3 is 2.45 bits per heavy atom.